The molecule has 0 saturated heterocycles. The number of furan rings is 1. The number of aliphatic hydroxyl groups excluding tert-OH is 2. The van der Waals surface area contributed by atoms with Crippen molar-refractivity contribution in [2.45, 2.75) is 88.9 Å². The SMILES string of the molecule is O=NC1C[C@H](O)[C@H](CCCCCCC(=O)O)[C@H]1CC[C@@H](O)CCc1ccoc1. The minimum absolute atomic E-state index is 0.00935. The second-order valence-corrected chi connectivity index (χ2v) is 8.05. The van der Waals surface area contributed by atoms with E-state index in [1.807, 2.05) is 6.07 Å². The molecule has 5 atom stereocenters. The molecule has 1 unspecified atom stereocenters. The third-order valence-electron chi connectivity index (χ3n) is 6.01. The highest BCUT2D eigenvalue weighted by atomic mass is 16.4. The van der Waals surface area contributed by atoms with Crippen molar-refractivity contribution in [2.24, 2.45) is 17.0 Å². The first-order valence-corrected chi connectivity index (χ1v) is 10.4. The summed E-state index contributed by atoms with van der Waals surface area (Å²) in [6.45, 7) is 0. The Labute approximate surface area is 166 Å². The van der Waals surface area contributed by atoms with Crippen LogP contribution in [0.15, 0.2) is 28.2 Å². The Morgan fingerprint density at radius 3 is 2.64 bits per heavy atom. The number of aryl methyl sites for hydroxylation is 1. The molecule has 1 aromatic heterocycles. The largest absolute Gasteiger partial charge is 0.481 e. The van der Waals surface area contributed by atoms with Gasteiger partial charge in [0, 0.05) is 6.42 Å². The van der Waals surface area contributed by atoms with E-state index < -0.39 is 18.2 Å². The predicted molar refractivity (Wildman–Crippen MR) is 105 cm³/mol. The number of nitrogens with zero attached hydrogens (tertiary/aromatic N) is 1. The van der Waals surface area contributed by atoms with Gasteiger partial charge in [0.15, 0.2) is 0 Å². The molecule has 0 aliphatic heterocycles. The molecule has 1 aliphatic rings. The summed E-state index contributed by atoms with van der Waals surface area (Å²) in [5.74, 6) is -0.726. The first kappa shape index (κ1) is 22.6. The summed E-state index contributed by atoms with van der Waals surface area (Å²) >= 11 is 0. The van der Waals surface area contributed by atoms with Crippen molar-refractivity contribution < 1.29 is 24.5 Å². The third kappa shape index (κ3) is 7.36. The lowest BCUT2D eigenvalue weighted by atomic mass is 9.84. The van der Waals surface area contributed by atoms with E-state index in [1.54, 1.807) is 12.5 Å². The zero-order valence-electron chi connectivity index (χ0n) is 16.4. The van der Waals surface area contributed by atoms with E-state index in [0.717, 1.165) is 37.7 Å². The molecule has 28 heavy (non-hydrogen) atoms. The van der Waals surface area contributed by atoms with Crippen LogP contribution in [-0.2, 0) is 11.2 Å². The van der Waals surface area contributed by atoms with Crippen LogP contribution in [0.1, 0.15) is 69.8 Å². The molecule has 1 fully saturated rings. The lowest BCUT2D eigenvalue weighted by molar-refractivity contribution is -0.137. The summed E-state index contributed by atoms with van der Waals surface area (Å²) in [5, 5.41) is 32.6. The fourth-order valence-corrected chi connectivity index (χ4v) is 4.41. The van der Waals surface area contributed by atoms with Crippen molar-refractivity contribution in [1.82, 2.24) is 0 Å². The molecule has 1 saturated carbocycles. The Morgan fingerprint density at radius 2 is 1.96 bits per heavy atom. The van der Waals surface area contributed by atoms with Gasteiger partial charge in [-0.15, -0.1) is 0 Å². The van der Waals surface area contributed by atoms with Crippen LogP contribution in [0.4, 0.5) is 0 Å². The smallest absolute Gasteiger partial charge is 0.303 e. The molecule has 1 aromatic rings. The van der Waals surface area contributed by atoms with Gasteiger partial charge >= 0.3 is 5.97 Å². The molecule has 0 radical (unpaired) electrons. The predicted octanol–water partition coefficient (Wildman–Crippen LogP) is 3.91. The minimum atomic E-state index is -0.766. The molecule has 2 rings (SSSR count). The number of unbranched alkanes of at least 4 members (excludes halogenated alkanes) is 3. The van der Waals surface area contributed by atoms with Crippen molar-refractivity contribution in [3.8, 4) is 0 Å². The van der Waals surface area contributed by atoms with Gasteiger partial charge < -0.3 is 19.7 Å². The number of carboxylic acid groups (broad SMARTS) is 1. The highest BCUT2D eigenvalue weighted by molar-refractivity contribution is 5.66. The fourth-order valence-electron chi connectivity index (χ4n) is 4.41. The first-order chi connectivity index (χ1) is 13.5. The average Bonchev–Trinajstić information content (AvgIpc) is 3.28. The van der Waals surface area contributed by atoms with Gasteiger partial charge in [-0.1, -0.05) is 24.4 Å². The maximum absolute atomic E-state index is 11.2. The average molecular weight is 395 g/mol. The maximum Gasteiger partial charge on any atom is 0.303 e. The molecular weight excluding hydrogens is 362 g/mol. The summed E-state index contributed by atoms with van der Waals surface area (Å²) in [6, 6.07) is 1.51. The monoisotopic (exact) mass is 395 g/mol. The first-order valence-electron chi connectivity index (χ1n) is 10.4. The van der Waals surface area contributed by atoms with Gasteiger partial charge in [-0.05, 0) is 68.4 Å². The Bertz CT molecular complexity index is 575. The van der Waals surface area contributed by atoms with Crippen LogP contribution in [0.2, 0.25) is 0 Å². The zero-order chi connectivity index (χ0) is 20.4. The van der Waals surface area contributed by atoms with Crippen LogP contribution in [-0.4, -0.2) is 39.5 Å². The summed E-state index contributed by atoms with van der Waals surface area (Å²) in [7, 11) is 0. The number of aliphatic carboxylic acids is 1. The van der Waals surface area contributed by atoms with Crippen molar-refractivity contribution in [1.29, 1.82) is 0 Å². The second kappa shape index (κ2) is 12.0. The molecule has 0 amide bonds. The number of aliphatic hydroxyl groups is 2. The third-order valence-corrected chi connectivity index (χ3v) is 6.01. The van der Waals surface area contributed by atoms with Crippen LogP contribution in [0, 0.1) is 16.7 Å². The highest BCUT2D eigenvalue weighted by Gasteiger charge is 2.42. The van der Waals surface area contributed by atoms with Gasteiger partial charge in [0.05, 0.1) is 30.8 Å². The summed E-state index contributed by atoms with van der Waals surface area (Å²) in [5.41, 5.74) is 1.06. The van der Waals surface area contributed by atoms with Crippen LogP contribution >= 0.6 is 0 Å². The van der Waals surface area contributed by atoms with Gasteiger partial charge in [-0.2, -0.15) is 4.91 Å². The molecule has 7 nitrogen and oxygen atoms in total. The van der Waals surface area contributed by atoms with E-state index in [9.17, 15) is 19.9 Å². The van der Waals surface area contributed by atoms with Crippen LogP contribution in [0.3, 0.4) is 0 Å². The normalized spacial score (nSPS) is 25.6. The summed E-state index contributed by atoms with van der Waals surface area (Å²) < 4.78 is 5.03. The van der Waals surface area contributed by atoms with Crippen molar-refractivity contribution >= 4 is 5.97 Å². The topological polar surface area (TPSA) is 120 Å². The van der Waals surface area contributed by atoms with Gasteiger partial charge in [0.1, 0.15) is 0 Å². The molecule has 1 aliphatic carbocycles. The molecule has 3 N–H and O–H groups in total. The fraction of sp³-hybridized carbons (Fsp3) is 0.762. The van der Waals surface area contributed by atoms with Crippen molar-refractivity contribution in [3.63, 3.8) is 0 Å². The summed E-state index contributed by atoms with van der Waals surface area (Å²) in [4.78, 5) is 21.8. The minimum Gasteiger partial charge on any atom is -0.481 e. The Kier molecular flexibility index (Phi) is 9.64. The van der Waals surface area contributed by atoms with Gasteiger partial charge in [0.25, 0.3) is 0 Å². The number of nitroso groups, excluding NO2 is 1. The number of carbonyl (C=O) groups is 1. The number of carboxylic acids is 1. The van der Waals surface area contributed by atoms with E-state index in [2.05, 4.69) is 5.18 Å². The maximum atomic E-state index is 11.2. The Morgan fingerprint density at radius 1 is 1.18 bits per heavy atom. The number of hydrogen-bond donors (Lipinski definition) is 3. The molecular formula is C21H33NO6. The van der Waals surface area contributed by atoms with Crippen LogP contribution < -0.4 is 0 Å². The van der Waals surface area contributed by atoms with Gasteiger partial charge in [0.2, 0.25) is 0 Å². The lowest BCUT2D eigenvalue weighted by Gasteiger charge is -2.24. The quantitative estimate of drug-likeness (QED) is 0.324. The van der Waals surface area contributed by atoms with Crippen LogP contribution in [0.5, 0.6) is 0 Å². The molecule has 0 bridgehead atoms. The van der Waals surface area contributed by atoms with Crippen LogP contribution in [0.25, 0.3) is 0 Å². The van der Waals surface area contributed by atoms with Gasteiger partial charge in [-0.3, -0.25) is 4.79 Å². The van der Waals surface area contributed by atoms with E-state index in [1.165, 1.54) is 0 Å². The van der Waals surface area contributed by atoms with E-state index >= 15 is 0 Å². The standard InChI is InChI=1S/C21H33NO6/c23-16(8-7-15-11-12-28-14-15)9-10-17-18(20(24)13-19(17)22-27)5-3-1-2-4-6-21(25)26/h11-12,14,16-20,23-24H,1-10,13H2,(H,25,26)/t16-,17+,18+,19?,20-/m0/s1. The Balaban J connectivity index is 1.74. The second-order valence-electron chi connectivity index (χ2n) is 8.05. The van der Waals surface area contributed by atoms with E-state index in [-0.39, 0.29) is 24.3 Å². The molecule has 0 spiro atoms. The highest BCUT2D eigenvalue weighted by Crippen LogP contribution is 2.40. The summed E-state index contributed by atoms with van der Waals surface area (Å²) in [6.07, 6.45) is 9.79. The van der Waals surface area contributed by atoms with Gasteiger partial charge in [-0.25, -0.2) is 0 Å². The lowest BCUT2D eigenvalue weighted by Crippen LogP contribution is -2.23. The number of rotatable bonds is 14. The van der Waals surface area contributed by atoms with E-state index in [0.29, 0.717) is 32.1 Å². The molecule has 7 heteroatoms. The zero-order valence-corrected chi connectivity index (χ0v) is 16.4. The number of hydrogen-bond acceptors (Lipinski definition) is 6. The van der Waals surface area contributed by atoms with Crippen molar-refractivity contribution in [2.75, 3.05) is 0 Å². The Hall–Kier alpha value is -1.73. The molecule has 0 aromatic carbocycles. The molecule has 1 heterocycles. The molecule has 158 valence electrons. The van der Waals surface area contributed by atoms with Crippen molar-refractivity contribution in [3.05, 3.63) is 29.1 Å². The van der Waals surface area contributed by atoms with E-state index in [4.69, 9.17) is 9.52 Å².